The second-order valence-electron chi connectivity index (χ2n) is 4.35. The third-order valence-electron chi connectivity index (χ3n) is 3.22. The largest absolute Gasteiger partial charge is 0.465 e. The number of cyclic esters (lactones) is 1. The maximum absolute atomic E-state index is 11.1. The summed E-state index contributed by atoms with van der Waals surface area (Å²) in [4.78, 5) is 11.1. The lowest BCUT2D eigenvalue weighted by Gasteiger charge is -2.01. The Hall–Kier alpha value is -2.03. The molecule has 0 fully saturated rings. The molecule has 1 radical (unpaired) electrons. The van der Waals surface area contributed by atoms with Gasteiger partial charge >= 0.3 is 5.97 Å². The molecule has 1 aromatic heterocycles. The Kier molecular flexibility index (Phi) is 2.47. The van der Waals surface area contributed by atoms with Crippen LogP contribution in [-0.4, -0.2) is 12.6 Å². The number of furan rings is 1. The zero-order chi connectivity index (χ0) is 12.7. The monoisotopic (exact) mass is 241 g/mol. The van der Waals surface area contributed by atoms with Crippen molar-refractivity contribution in [3.8, 4) is 0 Å². The van der Waals surface area contributed by atoms with Crippen molar-refractivity contribution in [1.82, 2.24) is 0 Å². The summed E-state index contributed by atoms with van der Waals surface area (Å²) in [5, 5.41) is 2.19. The quantitative estimate of drug-likeness (QED) is 0.757. The zero-order valence-corrected chi connectivity index (χ0v) is 10.3. The van der Waals surface area contributed by atoms with Gasteiger partial charge in [-0.15, -0.1) is 0 Å². The first kappa shape index (κ1) is 11.1. The van der Waals surface area contributed by atoms with Gasteiger partial charge in [0.05, 0.1) is 0 Å². The summed E-state index contributed by atoms with van der Waals surface area (Å²) >= 11 is 0. The van der Waals surface area contributed by atoms with E-state index in [0.29, 0.717) is 6.61 Å². The zero-order valence-electron chi connectivity index (χ0n) is 10.3. The summed E-state index contributed by atoms with van der Waals surface area (Å²) in [6.45, 7) is 4.26. The highest BCUT2D eigenvalue weighted by molar-refractivity contribution is 5.98. The van der Waals surface area contributed by atoms with E-state index in [0.717, 1.165) is 33.4 Å². The molecule has 0 aliphatic carbocycles. The van der Waals surface area contributed by atoms with Crippen LogP contribution in [0, 0.1) is 13.3 Å². The van der Waals surface area contributed by atoms with Gasteiger partial charge in [0.1, 0.15) is 18.1 Å². The molecule has 0 saturated carbocycles. The number of hydrogen-bond acceptors (Lipinski definition) is 3. The minimum atomic E-state index is -0.267. The van der Waals surface area contributed by atoms with Crippen molar-refractivity contribution < 1.29 is 13.9 Å². The van der Waals surface area contributed by atoms with Crippen molar-refractivity contribution in [3.05, 3.63) is 47.8 Å². The molecule has 18 heavy (non-hydrogen) atoms. The van der Waals surface area contributed by atoms with Crippen LogP contribution in [0.1, 0.15) is 24.0 Å². The van der Waals surface area contributed by atoms with Crippen LogP contribution in [0.15, 0.2) is 28.7 Å². The molecular weight excluding hydrogens is 228 g/mol. The van der Waals surface area contributed by atoms with Gasteiger partial charge in [-0.2, -0.15) is 0 Å². The number of hydrogen-bond donors (Lipinski definition) is 0. The van der Waals surface area contributed by atoms with Crippen LogP contribution in [0.5, 0.6) is 0 Å². The summed E-state index contributed by atoms with van der Waals surface area (Å²) in [5.74, 6) is 1.52. The molecule has 0 spiro atoms. The van der Waals surface area contributed by atoms with Gasteiger partial charge in [-0.3, -0.25) is 0 Å². The molecule has 0 unspecified atom stereocenters. The van der Waals surface area contributed by atoms with Crippen LogP contribution in [0.25, 0.3) is 16.3 Å². The Bertz CT molecular complexity index is 662. The molecule has 2 aromatic rings. The summed E-state index contributed by atoms with van der Waals surface area (Å²) in [7, 11) is 0. The van der Waals surface area contributed by atoms with Gasteiger partial charge in [0.15, 0.2) is 0 Å². The normalized spacial score (nSPS) is 15.0. The fourth-order valence-corrected chi connectivity index (χ4v) is 2.28. The lowest BCUT2D eigenvalue weighted by molar-refractivity contribution is -0.134. The van der Waals surface area contributed by atoms with Crippen LogP contribution in [0.2, 0.25) is 0 Å². The van der Waals surface area contributed by atoms with E-state index in [2.05, 4.69) is 6.07 Å². The summed E-state index contributed by atoms with van der Waals surface area (Å²) in [5.41, 5.74) is 1.93. The van der Waals surface area contributed by atoms with E-state index in [-0.39, 0.29) is 5.97 Å². The molecule has 0 bridgehead atoms. The molecule has 91 valence electrons. The Morgan fingerprint density at radius 3 is 2.78 bits per heavy atom. The van der Waals surface area contributed by atoms with Crippen LogP contribution in [0.3, 0.4) is 0 Å². The van der Waals surface area contributed by atoms with E-state index in [4.69, 9.17) is 9.15 Å². The summed E-state index contributed by atoms with van der Waals surface area (Å²) < 4.78 is 10.6. The van der Waals surface area contributed by atoms with Crippen molar-refractivity contribution in [2.45, 2.75) is 13.8 Å². The third kappa shape index (κ3) is 1.63. The lowest BCUT2D eigenvalue weighted by Crippen LogP contribution is -1.91. The maximum Gasteiger partial charge on any atom is 0.331 e. The van der Waals surface area contributed by atoms with Gasteiger partial charge in [-0.05, 0) is 18.6 Å². The maximum atomic E-state index is 11.1. The van der Waals surface area contributed by atoms with E-state index in [1.165, 1.54) is 0 Å². The molecule has 1 aliphatic rings. The van der Waals surface area contributed by atoms with E-state index in [9.17, 15) is 4.79 Å². The number of rotatable bonds is 2. The minimum Gasteiger partial charge on any atom is -0.465 e. The van der Waals surface area contributed by atoms with Gasteiger partial charge < -0.3 is 9.15 Å². The molecule has 1 aliphatic heterocycles. The third-order valence-corrected chi connectivity index (χ3v) is 3.22. The van der Waals surface area contributed by atoms with Crippen LogP contribution in [0.4, 0.5) is 0 Å². The fourth-order valence-electron chi connectivity index (χ4n) is 2.28. The summed E-state index contributed by atoms with van der Waals surface area (Å²) in [6.07, 6.45) is 3.50. The fraction of sp³-hybridized carbons (Fsp3) is 0.200. The number of carbonyl (C=O) groups is 1. The molecule has 0 amide bonds. The molecule has 0 saturated heterocycles. The highest BCUT2D eigenvalue weighted by Gasteiger charge is 2.16. The molecule has 3 rings (SSSR count). The number of carbonyl (C=O) groups excluding carboxylic acids is 1. The van der Waals surface area contributed by atoms with Crippen molar-refractivity contribution in [2.24, 2.45) is 0 Å². The highest BCUT2D eigenvalue weighted by Crippen LogP contribution is 2.30. The van der Waals surface area contributed by atoms with Gasteiger partial charge in [0.25, 0.3) is 0 Å². The lowest BCUT2D eigenvalue weighted by atomic mass is 10.0. The van der Waals surface area contributed by atoms with E-state index < -0.39 is 0 Å². The number of aryl methyl sites for hydroxylation is 1. The Morgan fingerprint density at radius 1 is 1.28 bits per heavy atom. The topological polar surface area (TPSA) is 39.4 Å². The summed E-state index contributed by atoms with van der Waals surface area (Å²) in [6, 6.07) is 6.08. The standard InChI is InChI=1S/C15H13O3/c1-3-14-12-5-4-10(6-13(12)9(2)18-14)11-7-15(16)17-8-11/h3-7H,8H2,1-2H3. The predicted octanol–water partition coefficient (Wildman–Crippen LogP) is 3.25. The number of esters is 1. The number of fused-ring (bicyclic) bond motifs is 1. The second kappa shape index (κ2) is 4.02. The average Bonchev–Trinajstić information content (AvgIpc) is 2.94. The molecule has 3 nitrogen and oxygen atoms in total. The van der Waals surface area contributed by atoms with Crippen LogP contribution in [-0.2, 0) is 9.53 Å². The molecule has 0 N–H and O–H groups in total. The van der Waals surface area contributed by atoms with Crippen molar-refractivity contribution >= 4 is 22.3 Å². The van der Waals surface area contributed by atoms with Gasteiger partial charge in [-0.1, -0.05) is 19.1 Å². The Balaban J connectivity index is 2.14. The van der Waals surface area contributed by atoms with E-state index in [1.54, 1.807) is 6.08 Å². The Morgan fingerprint density at radius 2 is 2.11 bits per heavy atom. The van der Waals surface area contributed by atoms with E-state index in [1.807, 2.05) is 32.4 Å². The molecule has 1 aromatic carbocycles. The van der Waals surface area contributed by atoms with Gasteiger partial charge in [0.2, 0.25) is 0 Å². The smallest absolute Gasteiger partial charge is 0.331 e. The molecule has 0 atom stereocenters. The molecule has 2 heterocycles. The average molecular weight is 241 g/mol. The molecule has 3 heteroatoms. The van der Waals surface area contributed by atoms with Crippen LogP contribution < -0.4 is 0 Å². The molecular formula is C15H13O3. The highest BCUT2D eigenvalue weighted by atomic mass is 16.5. The van der Waals surface area contributed by atoms with Gasteiger partial charge in [-0.25, -0.2) is 4.79 Å². The first-order valence-electron chi connectivity index (χ1n) is 5.89. The predicted molar refractivity (Wildman–Crippen MR) is 69.0 cm³/mol. The first-order valence-corrected chi connectivity index (χ1v) is 5.89. The van der Waals surface area contributed by atoms with Crippen LogP contribution >= 0.6 is 0 Å². The minimum absolute atomic E-state index is 0.267. The first-order chi connectivity index (χ1) is 8.69. The number of benzene rings is 1. The van der Waals surface area contributed by atoms with Crippen molar-refractivity contribution in [1.29, 1.82) is 0 Å². The van der Waals surface area contributed by atoms with Gasteiger partial charge in [0, 0.05) is 28.8 Å². The number of ether oxygens (including phenoxy) is 1. The van der Waals surface area contributed by atoms with E-state index >= 15 is 0 Å². The van der Waals surface area contributed by atoms with Crippen molar-refractivity contribution in [2.75, 3.05) is 6.61 Å². The SMILES string of the molecule is C[CH]c1oc(C)c2cc(C3=CC(=O)OC3)ccc12. The Labute approximate surface area is 105 Å². The second-order valence-corrected chi connectivity index (χ2v) is 4.35. The van der Waals surface area contributed by atoms with Crippen molar-refractivity contribution in [3.63, 3.8) is 0 Å².